The fourth-order valence-electron chi connectivity index (χ4n) is 2.51. The molecule has 1 amide bonds. The number of carbonyl (C=O) groups is 1. The van der Waals surface area contributed by atoms with Crippen LogP contribution in [0.2, 0.25) is 0 Å². The molecule has 0 radical (unpaired) electrons. The van der Waals surface area contributed by atoms with Crippen LogP contribution in [0.1, 0.15) is 0 Å². The number of nitrogens with zero attached hydrogens (tertiary/aromatic N) is 1. The third-order valence-corrected chi connectivity index (χ3v) is 6.89. The zero-order valence-corrected chi connectivity index (χ0v) is 16.7. The van der Waals surface area contributed by atoms with E-state index in [1.807, 2.05) is 24.5 Å². The number of hydrogen-bond donors (Lipinski definition) is 1. The molecular weight excluding hydrogens is 404 g/mol. The Labute approximate surface area is 165 Å². The molecule has 1 aromatic heterocycles. The van der Waals surface area contributed by atoms with E-state index in [-0.39, 0.29) is 10.8 Å². The van der Waals surface area contributed by atoms with Crippen LogP contribution in [0.15, 0.2) is 69.9 Å². The smallest absolute Gasteiger partial charge is 0.349 e. The maximum Gasteiger partial charge on any atom is 0.349 e. The molecule has 0 saturated heterocycles. The van der Waals surface area contributed by atoms with Crippen molar-refractivity contribution in [2.75, 3.05) is 11.6 Å². The van der Waals surface area contributed by atoms with Crippen molar-refractivity contribution in [3.63, 3.8) is 0 Å². The van der Waals surface area contributed by atoms with Crippen molar-refractivity contribution in [2.24, 2.45) is 0 Å². The molecular formula is C18H16N2O4S3. The quantitative estimate of drug-likeness (QED) is 0.400. The number of hydrogen-bond acceptors (Lipinski definition) is 6. The van der Waals surface area contributed by atoms with Crippen LogP contribution >= 0.6 is 23.1 Å². The molecule has 6 nitrogen and oxygen atoms in total. The van der Waals surface area contributed by atoms with Crippen molar-refractivity contribution >= 4 is 44.9 Å². The van der Waals surface area contributed by atoms with E-state index in [1.165, 1.54) is 24.3 Å². The molecule has 2 heterocycles. The summed E-state index contributed by atoms with van der Waals surface area (Å²) in [7, 11) is -4.25. The van der Waals surface area contributed by atoms with Crippen molar-refractivity contribution in [3.05, 3.63) is 60.7 Å². The molecule has 0 atom stereocenters. The first-order valence-electron chi connectivity index (χ1n) is 7.87. The highest BCUT2D eigenvalue weighted by molar-refractivity contribution is 8.00. The summed E-state index contributed by atoms with van der Waals surface area (Å²) < 4.78 is 34.1. The number of thiazole rings is 1. The predicted octanol–water partition coefficient (Wildman–Crippen LogP) is 2.97. The summed E-state index contributed by atoms with van der Waals surface area (Å²) in [5.74, 6) is 1.01. The van der Waals surface area contributed by atoms with Gasteiger partial charge in [0.25, 0.3) is 0 Å². The molecule has 2 aromatic carbocycles. The summed E-state index contributed by atoms with van der Waals surface area (Å²) in [6.07, 6.45) is 2.04. The van der Waals surface area contributed by atoms with Gasteiger partial charge >= 0.3 is 11.7 Å². The first-order valence-corrected chi connectivity index (χ1v) is 11.3. The molecule has 1 N–H and O–H groups in total. The average molecular weight is 421 g/mol. The van der Waals surface area contributed by atoms with Crippen LogP contribution in [-0.4, -0.2) is 25.1 Å². The molecule has 0 saturated carbocycles. The molecule has 0 aliphatic carbocycles. The normalized spacial score (nSPS) is 12.7. The van der Waals surface area contributed by atoms with Gasteiger partial charge in [0.2, 0.25) is 4.34 Å². The Balaban J connectivity index is 0.000000180. The molecule has 0 fully saturated rings. The minimum Gasteiger partial charge on any atom is -0.744 e. The van der Waals surface area contributed by atoms with E-state index in [0.717, 1.165) is 20.6 Å². The van der Waals surface area contributed by atoms with Gasteiger partial charge in [0.15, 0.2) is 6.54 Å². The molecule has 0 unspecified atom stereocenters. The summed E-state index contributed by atoms with van der Waals surface area (Å²) in [5, 5.41) is 2.94. The predicted molar refractivity (Wildman–Crippen MR) is 105 cm³/mol. The molecule has 0 bridgehead atoms. The van der Waals surface area contributed by atoms with Gasteiger partial charge in [0.05, 0.1) is 4.90 Å². The number of aromatic nitrogens is 1. The maximum atomic E-state index is 11.5. The van der Waals surface area contributed by atoms with Crippen molar-refractivity contribution in [2.45, 2.75) is 15.8 Å². The zero-order chi connectivity index (χ0) is 19.4. The van der Waals surface area contributed by atoms with Crippen LogP contribution in [0, 0.1) is 0 Å². The minimum absolute atomic E-state index is 0.0697. The standard InChI is InChI=1S/C12H10N2OS2.C6H6O3S/c1-16-12-14-7-9(15)13-11(14)10(17-12)8-5-3-2-4-6-8;7-10(8,9)6-4-2-1-3-5-6/h2-6H,7H2,1H3;1-5H,(H,7,8,9). The highest BCUT2D eigenvalue weighted by Crippen LogP contribution is 2.37. The van der Waals surface area contributed by atoms with E-state index < -0.39 is 10.1 Å². The third-order valence-electron chi connectivity index (χ3n) is 3.70. The average Bonchev–Trinajstić information content (AvgIpc) is 3.20. The lowest BCUT2D eigenvalue weighted by Crippen LogP contribution is -2.31. The summed E-state index contributed by atoms with van der Waals surface area (Å²) in [6.45, 7) is 0.439. The van der Waals surface area contributed by atoms with Gasteiger partial charge in [0.1, 0.15) is 15.0 Å². The Bertz CT molecular complexity index is 1050. The Kier molecular flexibility index (Phi) is 5.95. The monoisotopic (exact) mass is 420 g/mol. The molecule has 1 aliphatic heterocycles. The minimum atomic E-state index is -4.25. The van der Waals surface area contributed by atoms with Crippen LogP contribution in [0.5, 0.6) is 0 Å². The van der Waals surface area contributed by atoms with Crippen molar-refractivity contribution in [3.8, 4) is 10.4 Å². The number of anilines is 1. The Hall–Kier alpha value is -2.20. The summed E-state index contributed by atoms with van der Waals surface area (Å²) in [5.41, 5.74) is 1.16. The molecule has 9 heteroatoms. The van der Waals surface area contributed by atoms with Crippen molar-refractivity contribution in [1.29, 1.82) is 0 Å². The van der Waals surface area contributed by atoms with Crippen LogP contribution in [0.3, 0.4) is 0 Å². The second kappa shape index (κ2) is 8.22. The third kappa shape index (κ3) is 4.56. The number of thioether (sulfide) groups is 1. The SMILES string of the molecule is CSc1sc(-c2ccccc2)c2[n+]1CC(=O)N2.O=S(=O)([O-])c1ccccc1. The van der Waals surface area contributed by atoms with E-state index in [1.54, 1.807) is 29.2 Å². The lowest BCUT2D eigenvalue weighted by Gasteiger charge is -2.04. The van der Waals surface area contributed by atoms with E-state index in [4.69, 9.17) is 0 Å². The van der Waals surface area contributed by atoms with Gasteiger partial charge in [0, 0.05) is 5.56 Å². The number of carbonyl (C=O) groups excluding carboxylic acids is 1. The first-order chi connectivity index (χ1) is 12.9. The number of nitrogens with one attached hydrogen (secondary N) is 1. The second-order valence-corrected chi connectivity index (χ2v) is 8.95. The van der Waals surface area contributed by atoms with Crippen molar-refractivity contribution < 1.29 is 22.3 Å². The lowest BCUT2D eigenvalue weighted by molar-refractivity contribution is -0.694. The van der Waals surface area contributed by atoms with Gasteiger partial charge in [-0.2, -0.15) is 4.57 Å². The largest absolute Gasteiger partial charge is 0.744 e. The fourth-order valence-corrected chi connectivity index (χ4v) is 4.91. The van der Waals surface area contributed by atoms with Gasteiger partial charge in [-0.1, -0.05) is 71.6 Å². The van der Waals surface area contributed by atoms with Crippen LogP contribution in [0.4, 0.5) is 5.82 Å². The molecule has 140 valence electrons. The van der Waals surface area contributed by atoms with Gasteiger partial charge in [-0.3, -0.25) is 0 Å². The van der Waals surface area contributed by atoms with E-state index in [9.17, 15) is 17.8 Å². The van der Waals surface area contributed by atoms with E-state index in [2.05, 4.69) is 22.0 Å². The van der Waals surface area contributed by atoms with Gasteiger partial charge < -0.3 is 4.55 Å². The van der Waals surface area contributed by atoms with Crippen LogP contribution < -0.4 is 9.88 Å². The van der Waals surface area contributed by atoms with Crippen molar-refractivity contribution in [1.82, 2.24) is 0 Å². The zero-order valence-electron chi connectivity index (χ0n) is 14.3. The molecule has 3 aromatic rings. The van der Waals surface area contributed by atoms with Gasteiger partial charge in [-0.05, 0) is 18.4 Å². The first kappa shape index (κ1) is 19.6. The fraction of sp³-hybridized carbons (Fsp3) is 0.111. The van der Waals surface area contributed by atoms with Gasteiger partial charge in [-0.15, -0.1) is 0 Å². The van der Waals surface area contributed by atoms with Crippen LogP contribution in [0.25, 0.3) is 10.4 Å². The number of rotatable bonds is 3. The second-order valence-electron chi connectivity index (χ2n) is 5.52. The van der Waals surface area contributed by atoms with Crippen LogP contribution in [-0.2, 0) is 21.5 Å². The highest BCUT2D eigenvalue weighted by Gasteiger charge is 2.34. The molecule has 27 heavy (non-hydrogen) atoms. The Morgan fingerprint density at radius 3 is 2.19 bits per heavy atom. The van der Waals surface area contributed by atoms with E-state index in [0.29, 0.717) is 6.54 Å². The number of benzene rings is 2. The van der Waals surface area contributed by atoms with Gasteiger partial charge in [-0.25, -0.2) is 18.5 Å². The maximum absolute atomic E-state index is 11.5. The number of amides is 1. The van der Waals surface area contributed by atoms with E-state index >= 15 is 0 Å². The molecule has 1 aliphatic rings. The highest BCUT2D eigenvalue weighted by atomic mass is 32.2. The number of fused-ring (bicyclic) bond motifs is 1. The summed E-state index contributed by atoms with van der Waals surface area (Å²) >= 11 is 3.41. The Morgan fingerprint density at radius 1 is 1.07 bits per heavy atom. The molecule has 4 rings (SSSR count). The topological polar surface area (TPSA) is 90.2 Å². The molecule has 0 spiro atoms. The summed E-state index contributed by atoms with van der Waals surface area (Å²) in [4.78, 5) is 12.4. The summed E-state index contributed by atoms with van der Waals surface area (Å²) in [6, 6.07) is 17.4. The lowest BCUT2D eigenvalue weighted by atomic mass is 10.2. The Morgan fingerprint density at radius 2 is 1.67 bits per heavy atom.